The minimum atomic E-state index is -4.33. The Morgan fingerprint density at radius 3 is 1.82 bits per heavy atom. The van der Waals surface area contributed by atoms with E-state index in [1.165, 1.54) is 44.3 Å². The van der Waals surface area contributed by atoms with Crippen molar-refractivity contribution >= 4 is 22.3 Å². The Bertz CT molecular complexity index is 975. The Balaban J connectivity index is 0.000000479. The van der Waals surface area contributed by atoms with E-state index < -0.39 is 11.9 Å². The third-order valence-corrected chi connectivity index (χ3v) is 4.09. The van der Waals surface area contributed by atoms with Crippen LogP contribution < -0.4 is 0 Å². The number of carbonyl (C=O) groups is 2. The number of fused-ring (bicyclic) bond motifs is 1. The van der Waals surface area contributed by atoms with E-state index in [4.69, 9.17) is 0 Å². The monoisotopic (exact) mass is 461 g/mol. The van der Waals surface area contributed by atoms with Crippen LogP contribution in [-0.2, 0) is 11.0 Å². The van der Waals surface area contributed by atoms with Crippen molar-refractivity contribution in [3.05, 3.63) is 77.6 Å². The number of rotatable bonds is 3. The zero-order chi connectivity index (χ0) is 25.4. The van der Waals surface area contributed by atoms with E-state index in [1.807, 2.05) is 43.3 Å². The number of benzene rings is 2. The van der Waals surface area contributed by atoms with Crippen molar-refractivity contribution in [3.63, 3.8) is 0 Å². The molecular weight excluding hydrogens is 427 g/mol. The van der Waals surface area contributed by atoms with Gasteiger partial charge < -0.3 is 4.79 Å². The smallest absolute Gasteiger partial charge is 0.300 e. The summed E-state index contributed by atoms with van der Waals surface area (Å²) in [7, 11) is 0. The van der Waals surface area contributed by atoms with Gasteiger partial charge in [-0.3, -0.25) is 9.78 Å². The van der Waals surface area contributed by atoms with Crippen LogP contribution in [0.25, 0.3) is 10.8 Å². The van der Waals surface area contributed by atoms with Crippen LogP contribution in [0.1, 0.15) is 75.5 Å². The standard InChI is InChI=1S/C13H12O.C7H6F3N.C4H10.C3H6O/c1-2-13(14)12-8-7-10-5-3-4-6-11(10)9-12;1-5-2-3-6(11-4-5)7(8,9)10;1-3-4-2;1-3(2)4/h3-9H,2H2,1H3;2-4H,1H3;3-4H2,1-2H3;1-2H3. The molecule has 3 nitrogen and oxygen atoms in total. The molecule has 0 atom stereocenters. The number of ketones is 2. The highest BCUT2D eigenvalue weighted by Crippen LogP contribution is 2.26. The highest BCUT2D eigenvalue weighted by atomic mass is 19.4. The molecule has 2 aromatic carbocycles. The summed E-state index contributed by atoms with van der Waals surface area (Å²) in [6, 6.07) is 16.3. The number of unbranched alkanes of at least 4 members (excludes halogenated alkanes) is 1. The molecule has 0 aliphatic rings. The number of halogens is 3. The summed E-state index contributed by atoms with van der Waals surface area (Å²) < 4.78 is 35.6. The molecule has 0 aliphatic carbocycles. The van der Waals surface area contributed by atoms with Gasteiger partial charge in [-0.25, -0.2) is 0 Å². The first-order valence-corrected chi connectivity index (χ1v) is 10.9. The fourth-order valence-electron chi connectivity index (χ4n) is 2.20. The summed E-state index contributed by atoms with van der Waals surface area (Å²) in [6.45, 7) is 11.0. The van der Waals surface area contributed by atoms with Crippen molar-refractivity contribution in [2.75, 3.05) is 0 Å². The number of pyridine rings is 1. The molecule has 33 heavy (non-hydrogen) atoms. The summed E-state index contributed by atoms with van der Waals surface area (Å²) in [4.78, 5) is 24.1. The van der Waals surface area contributed by atoms with E-state index in [1.54, 1.807) is 6.92 Å². The maximum absolute atomic E-state index is 11.9. The average molecular weight is 462 g/mol. The van der Waals surface area contributed by atoms with Crippen LogP contribution in [0, 0.1) is 6.92 Å². The second-order valence-corrected chi connectivity index (χ2v) is 7.47. The Kier molecular flexibility index (Phi) is 14.3. The first-order valence-electron chi connectivity index (χ1n) is 10.9. The van der Waals surface area contributed by atoms with Gasteiger partial charge in [0.15, 0.2) is 5.78 Å². The Labute approximate surface area is 195 Å². The third-order valence-electron chi connectivity index (χ3n) is 4.09. The zero-order valence-electron chi connectivity index (χ0n) is 20.3. The Hall–Kier alpha value is -3.02. The van der Waals surface area contributed by atoms with Crippen molar-refractivity contribution in [2.24, 2.45) is 0 Å². The number of nitrogens with zero attached hydrogens (tertiary/aromatic N) is 1. The van der Waals surface area contributed by atoms with Crippen LogP contribution in [0.2, 0.25) is 0 Å². The second-order valence-electron chi connectivity index (χ2n) is 7.47. The minimum absolute atomic E-state index is 0.167. The van der Waals surface area contributed by atoms with Crippen molar-refractivity contribution in [1.29, 1.82) is 0 Å². The maximum Gasteiger partial charge on any atom is 0.433 e. The molecule has 0 spiro atoms. The van der Waals surface area contributed by atoms with Gasteiger partial charge in [-0.05, 0) is 49.2 Å². The van der Waals surface area contributed by atoms with E-state index in [9.17, 15) is 22.8 Å². The van der Waals surface area contributed by atoms with Crippen LogP contribution >= 0.6 is 0 Å². The number of aromatic nitrogens is 1. The van der Waals surface area contributed by atoms with Gasteiger partial charge in [0.2, 0.25) is 0 Å². The Morgan fingerprint density at radius 2 is 1.39 bits per heavy atom. The maximum atomic E-state index is 11.9. The first kappa shape index (κ1) is 30.0. The van der Waals surface area contributed by atoms with Crippen molar-refractivity contribution in [3.8, 4) is 0 Å². The van der Waals surface area contributed by atoms with Gasteiger partial charge in [0.1, 0.15) is 11.5 Å². The van der Waals surface area contributed by atoms with Crippen LogP contribution in [0.5, 0.6) is 0 Å². The van der Waals surface area contributed by atoms with Crippen molar-refractivity contribution < 1.29 is 22.8 Å². The minimum Gasteiger partial charge on any atom is -0.300 e. The van der Waals surface area contributed by atoms with Crippen molar-refractivity contribution in [1.82, 2.24) is 4.98 Å². The Morgan fingerprint density at radius 1 is 0.848 bits per heavy atom. The lowest BCUT2D eigenvalue weighted by Gasteiger charge is -2.03. The predicted octanol–water partition coefficient (Wildman–Crippen LogP) is 8.24. The number of hydrogen-bond donors (Lipinski definition) is 0. The molecular formula is C27H34F3NO2. The van der Waals surface area contributed by atoms with Gasteiger partial charge in [0, 0.05) is 18.2 Å². The quantitative estimate of drug-likeness (QED) is 0.369. The van der Waals surface area contributed by atoms with Crippen LogP contribution in [0.4, 0.5) is 13.2 Å². The molecule has 0 N–H and O–H groups in total. The number of carbonyl (C=O) groups excluding carboxylic acids is 2. The number of hydrogen-bond acceptors (Lipinski definition) is 3. The van der Waals surface area contributed by atoms with E-state index in [-0.39, 0.29) is 11.6 Å². The fraction of sp³-hybridized carbons (Fsp3) is 0.370. The molecule has 0 amide bonds. The largest absolute Gasteiger partial charge is 0.433 e. The average Bonchev–Trinajstić information content (AvgIpc) is 2.78. The molecule has 1 aromatic heterocycles. The molecule has 0 fully saturated rings. The third kappa shape index (κ3) is 13.2. The molecule has 180 valence electrons. The van der Waals surface area contributed by atoms with E-state index in [0.717, 1.165) is 22.6 Å². The van der Waals surface area contributed by atoms with Crippen LogP contribution in [0.15, 0.2) is 60.8 Å². The predicted molar refractivity (Wildman–Crippen MR) is 129 cm³/mol. The molecule has 0 unspecified atom stereocenters. The summed E-state index contributed by atoms with van der Waals surface area (Å²) in [5.74, 6) is 0.371. The fourth-order valence-corrected chi connectivity index (χ4v) is 2.20. The van der Waals surface area contributed by atoms with E-state index >= 15 is 0 Å². The second kappa shape index (κ2) is 15.7. The topological polar surface area (TPSA) is 47.0 Å². The summed E-state index contributed by atoms with van der Waals surface area (Å²) >= 11 is 0. The van der Waals surface area contributed by atoms with Gasteiger partial charge in [0.05, 0.1) is 0 Å². The highest BCUT2D eigenvalue weighted by Gasteiger charge is 2.31. The molecule has 0 aliphatic heterocycles. The number of aryl methyl sites for hydroxylation is 1. The lowest BCUT2D eigenvalue weighted by molar-refractivity contribution is -0.141. The first-order chi connectivity index (χ1) is 15.5. The molecule has 0 radical (unpaired) electrons. The van der Waals surface area contributed by atoms with Gasteiger partial charge in [-0.15, -0.1) is 0 Å². The molecule has 3 rings (SSSR count). The van der Waals surface area contributed by atoms with Gasteiger partial charge in [-0.2, -0.15) is 13.2 Å². The van der Waals surface area contributed by atoms with Crippen LogP contribution in [-0.4, -0.2) is 16.6 Å². The summed E-state index contributed by atoms with van der Waals surface area (Å²) in [6.07, 6.45) is 0.0782. The highest BCUT2D eigenvalue weighted by molar-refractivity contribution is 5.99. The molecule has 0 saturated heterocycles. The zero-order valence-corrected chi connectivity index (χ0v) is 20.3. The van der Waals surface area contributed by atoms with Gasteiger partial charge in [0.25, 0.3) is 0 Å². The van der Waals surface area contributed by atoms with Crippen LogP contribution in [0.3, 0.4) is 0 Å². The lowest BCUT2D eigenvalue weighted by atomic mass is 10.0. The molecule has 0 bridgehead atoms. The summed E-state index contributed by atoms with van der Waals surface area (Å²) in [5.41, 5.74) is 0.687. The van der Waals surface area contributed by atoms with E-state index in [0.29, 0.717) is 6.42 Å². The number of alkyl halides is 3. The lowest BCUT2D eigenvalue weighted by Crippen LogP contribution is -2.07. The van der Waals surface area contributed by atoms with Gasteiger partial charge >= 0.3 is 6.18 Å². The van der Waals surface area contributed by atoms with Crippen molar-refractivity contribution in [2.45, 2.75) is 67.0 Å². The molecule has 1 heterocycles. The SMILES string of the molecule is CC(C)=O.CCC(=O)c1ccc2ccccc2c1.CCCC.Cc1ccc(C(F)(F)F)nc1. The molecule has 6 heteroatoms. The number of Topliss-reactive ketones (excluding diaryl/α,β-unsaturated/α-hetero) is 2. The van der Waals surface area contributed by atoms with Gasteiger partial charge in [-0.1, -0.05) is 76.1 Å². The molecule has 0 saturated carbocycles. The normalized spacial score (nSPS) is 9.97. The van der Waals surface area contributed by atoms with E-state index in [2.05, 4.69) is 24.9 Å². The summed E-state index contributed by atoms with van der Waals surface area (Å²) in [5, 5.41) is 2.31. The molecule has 3 aromatic rings.